The Morgan fingerprint density at radius 2 is 2.13 bits per heavy atom. The molecule has 8 heteroatoms. The van der Waals surface area contributed by atoms with Gasteiger partial charge in [0.15, 0.2) is 0 Å². The summed E-state index contributed by atoms with van der Waals surface area (Å²) in [6.45, 7) is -2.54. The number of nitrogens with zero attached hydrogens (tertiary/aromatic N) is 1. The number of hydrogen-bond acceptors (Lipinski definition) is 2. The van der Waals surface area contributed by atoms with E-state index in [1.165, 1.54) is 4.90 Å². The van der Waals surface area contributed by atoms with Gasteiger partial charge in [-0.1, -0.05) is 6.92 Å². The first-order valence-electron chi connectivity index (χ1n) is 4.67. The van der Waals surface area contributed by atoms with Gasteiger partial charge in [0.1, 0.15) is 0 Å². The van der Waals surface area contributed by atoms with Crippen LogP contribution in [0.3, 0.4) is 0 Å². The van der Waals surface area contributed by atoms with Crippen LogP contribution in [0.4, 0.5) is 12.9 Å². The number of amides is 1. The zero-order chi connectivity index (χ0) is 10.8. The fraction of sp³-hybridized carbons (Fsp3) is 0.857. The number of piperazine rings is 1. The van der Waals surface area contributed by atoms with Crippen molar-refractivity contribution >= 4 is 12.9 Å². The van der Waals surface area contributed by atoms with E-state index in [9.17, 15) is 17.7 Å². The second-order valence-corrected chi connectivity index (χ2v) is 3.42. The topological polar surface area (TPSA) is 32.3 Å². The molecule has 0 spiro atoms. The van der Waals surface area contributed by atoms with Crippen LogP contribution in [0.5, 0.6) is 0 Å². The Bertz CT molecular complexity index is 227. The van der Waals surface area contributed by atoms with Crippen LogP contribution in [0.1, 0.15) is 13.3 Å². The molecule has 0 saturated carbocycles. The Balaban J connectivity index is 0.00000196. The fourth-order valence-electron chi connectivity index (χ4n) is 1.69. The molecule has 1 aliphatic rings. The summed E-state index contributed by atoms with van der Waals surface area (Å²) in [6.07, 6.45) is -0.524. The Morgan fingerprint density at radius 1 is 1.53 bits per heavy atom. The monoisotopic (exact) mass is 248 g/mol. The molecule has 1 saturated heterocycles. The van der Waals surface area contributed by atoms with Crippen molar-refractivity contribution in [1.82, 2.24) is 10.2 Å². The quantitative estimate of drug-likeness (QED) is 0.564. The molecule has 0 radical (unpaired) electrons. The van der Waals surface area contributed by atoms with Gasteiger partial charge in [0.25, 0.3) is 0 Å². The van der Waals surface area contributed by atoms with E-state index >= 15 is 0 Å². The molecule has 1 aliphatic heterocycles. The first-order valence-corrected chi connectivity index (χ1v) is 4.67. The maximum Gasteiger partial charge on any atom is 1.00 e. The van der Waals surface area contributed by atoms with E-state index in [1.54, 1.807) is 6.92 Å². The summed E-state index contributed by atoms with van der Waals surface area (Å²) in [5.41, 5.74) is 0. The van der Waals surface area contributed by atoms with E-state index in [0.717, 1.165) is 0 Å². The predicted octanol–water partition coefficient (Wildman–Crippen LogP) is -2.41. The molecule has 1 fully saturated rings. The minimum absolute atomic E-state index is 0. The van der Waals surface area contributed by atoms with Gasteiger partial charge in [0, 0.05) is 13.1 Å². The molecule has 3 nitrogen and oxygen atoms in total. The number of halogens is 3. The molecule has 1 rings (SSSR count). The van der Waals surface area contributed by atoms with Crippen LogP contribution in [-0.2, 0) is 4.79 Å². The molecule has 0 aliphatic carbocycles. The average Bonchev–Trinajstić information content (AvgIpc) is 2.01. The second kappa shape index (κ2) is 6.61. The van der Waals surface area contributed by atoms with Crippen molar-refractivity contribution < 1.29 is 69.1 Å². The SMILES string of the molecule is CCC1C(=O)NCCN1C[B-](F)(F)F.[K+]. The van der Waals surface area contributed by atoms with Gasteiger partial charge < -0.3 is 23.2 Å². The second-order valence-electron chi connectivity index (χ2n) is 3.42. The predicted molar refractivity (Wildman–Crippen MR) is 47.7 cm³/mol. The molecule has 0 aromatic carbocycles. The van der Waals surface area contributed by atoms with Crippen molar-refractivity contribution in [2.75, 3.05) is 19.5 Å². The first-order chi connectivity index (χ1) is 6.44. The van der Waals surface area contributed by atoms with Crippen molar-refractivity contribution in [3.8, 4) is 0 Å². The minimum atomic E-state index is -4.84. The van der Waals surface area contributed by atoms with E-state index in [0.29, 0.717) is 13.0 Å². The Labute approximate surface area is 130 Å². The number of carbonyl (C=O) groups excluding carboxylic acids is 1. The summed E-state index contributed by atoms with van der Waals surface area (Å²) in [5.74, 6) is -0.293. The van der Waals surface area contributed by atoms with Gasteiger partial charge in [0.05, 0.1) is 6.04 Å². The van der Waals surface area contributed by atoms with Gasteiger partial charge in [-0.25, -0.2) is 0 Å². The summed E-state index contributed by atoms with van der Waals surface area (Å²) < 4.78 is 36.5. The third kappa shape index (κ3) is 5.18. The van der Waals surface area contributed by atoms with Crippen molar-refractivity contribution in [2.45, 2.75) is 19.4 Å². The van der Waals surface area contributed by atoms with Gasteiger partial charge in [-0.2, -0.15) is 0 Å². The standard InChI is InChI=1S/C7H13BF3N2O.K/c1-2-6-7(14)12-3-4-13(6)5-8(9,10)11;/h6H,2-5H2,1H3,(H,12,14);/q-1;+1. The van der Waals surface area contributed by atoms with Crippen LogP contribution >= 0.6 is 0 Å². The average molecular weight is 248 g/mol. The molecule has 15 heavy (non-hydrogen) atoms. The molecule has 0 aromatic rings. The maximum atomic E-state index is 12.2. The summed E-state index contributed by atoms with van der Waals surface area (Å²) in [7, 11) is 0. The molecule has 1 N–H and O–H groups in total. The molecule has 0 aromatic heterocycles. The van der Waals surface area contributed by atoms with Crippen molar-refractivity contribution in [1.29, 1.82) is 0 Å². The molecule has 0 bridgehead atoms. The smallest absolute Gasteiger partial charge is 0.448 e. The molecule has 1 heterocycles. The Hall–Kier alpha value is 0.921. The van der Waals surface area contributed by atoms with Gasteiger partial charge in [-0.3, -0.25) is 4.79 Å². The van der Waals surface area contributed by atoms with E-state index in [4.69, 9.17) is 0 Å². The summed E-state index contributed by atoms with van der Waals surface area (Å²) >= 11 is 0. The number of hydrogen-bond donors (Lipinski definition) is 1. The van der Waals surface area contributed by atoms with Crippen molar-refractivity contribution in [3.63, 3.8) is 0 Å². The van der Waals surface area contributed by atoms with Gasteiger partial charge in [0.2, 0.25) is 5.91 Å². The zero-order valence-corrected chi connectivity index (χ0v) is 12.1. The van der Waals surface area contributed by atoms with Crippen molar-refractivity contribution in [2.24, 2.45) is 0 Å². The minimum Gasteiger partial charge on any atom is -0.448 e. The summed E-state index contributed by atoms with van der Waals surface area (Å²) in [5, 5.41) is 2.56. The van der Waals surface area contributed by atoms with Gasteiger partial charge in [-0.05, 0) is 12.9 Å². The van der Waals surface area contributed by atoms with Crippen LogP contribution in [0, 0.1) is 0 Å². The van der Waals surface area contributed by atoms with Crippen LogP contribution in [0.15, 0.2) is 0 Å². The molecule has 1 amide bonds. The Morgan fingerprint density at radius 3 is 2.60 bits per heavy atom. The summed E-state index contributed by atoms with van der Waals surface area (Å²) in [4.78, 5) is 12.4. The molecule has 82 valence electrons. The normalized spacial score (nSPS) is 23.2. The fourth-order valence-corrected chi connectivity index (χ4v) is 1.69. The summed E-state index contributed by atoms with van der Waals surface area (Å²) in [6, 6.07) is -0.618. The van der Waals surface area contributed by atoms with E-state index in [2.05, 4.69) is 5.32 Å². The number of nitrogens with one attached hydrogen (secondary N) is 1. The molecule has 1 unspecified atom stereocenters. The van der Waals surface area contributed by atoms with Crippen LogP contribution in [-0.4, -0.2) is 43.4 Å². The maximum absolute atomic E-state index is 12.2. The number of carbonyl (C=O) groups is 1. The third-order valence-corrected chi connectivity index (χ3v) is 2.27. The largest absolute Gasteiger partial charge is 1.00 e. The van der Waals surface area contributed by atoms with E-state index in [1.807, 2.05) is 0 Å². The van der Waals surface area contributed by atoms with Crippen LogP contribution < -0.4 is 56.7 Å². The van der Waals surface area contributed by atoms with Gasteiger partial charge >= 0.3 is 58.4 Å². The zero-order valence-electron chi connectivity index (χ0n) is 8.97. The van der Waals surface area contributed by atoms with Crippen LogP contribution in [0.2, 0.25) is 0 Å². The third-order valence-electron chi connectivity index (χ3n) is 2.27. The number of rotatable bonds is 3. The molecule has 1 atom stereocenters. The van der Waals surface area contributed by atoms with E-state index in [-0.39, 0.29) is 63.8 Å². The van der Waals surface area contributed by atoms with Crippen molar-refractivity contribution in [3.05, 3.63) is 0 Å². The Kier molecular flexibility index (Phi) is 7.01. The molecular formula is C7H13BF3KN2O. The molecular weight excluding hydrogens is 235 g/mol. The van der Waals surface area contributed by atoms with Crippen LogP contribution in [0.25, 0.3) is 0 Å². The first kappa shape index (κ1) is 15.9. The van der Waals surface area contributed by atoms with E-state index < -0.39 is 19.5 Å². The van der Waals surface area contributed by atoms with Gasteiger partial charge in [-0.15, -0.1) is 0 Å².